The molecule has 19 heavy (non-hydrogen) atoms. The van der Waals surface area contributed by atoms with Crippen molar-refractivity contribution < 1.29 is 9.53 Å². The number of hydrogen-bond donors (Lipinski definition) is 0. The summed E-state index contributed by atoms with van der Waals surface area (Å²) < 4.78 is 5.91. The van der Waals surface area contributed by atoms with E-state index in [-0.39, 0.29) is 5.91 Å². The van der Waals surface area contributed by atoms with E-state index < -0.39 is 0 Å². The predicted octanol–water partition coefficient (Wildman–Crippen LogP) is 3.54. The highest BCUT2D eigenvalue weighted by molar-refractivity contribution is 8.38. The number of nitrogens with zero attached hydrogens (tertiary/aromatic N) is 1. The van der Waals surface area contributed by atoms with Gasteiger partial charge in [-0.3, -0.25) is 4.79 Å². The molecule has 0 aliphatic heterocycles. The predicted molar refractivity (Wildman–Crippen MR) is 88.6 cm³/mol. The second-order valence-electron chi connectivity index (χ2n) is 3.52. The Kier molecular flexibility index (Phi) is 8.09. The topological polar surface area (TPSA) is 38.7 Å². The van der Waals surface area contributed by atoms with E-state index >= 15 is 0 Å². The third-order valence-corrected chi connectivity index (χ3v) is 5.09. The van der Waals surface area contributed by atoms with Crippen LogP contribution in [0.2, 0.25) is 0 Å². The zero-order valence-electron chi connectivity index (χ0n) is 11.2. The summed E-state index contributed by atoms with van der Waals surface area (Å²) in [5, 5.41) is 0. The molecule has 6 heteroatoms. The molecular formula is C13H17NO2S3. The van der Waals surface area contributed by atoms with Gasteiger partial charge in [0.2, 0.25) is 0 Å². The fourth-order valence-electron chi connectivity index (χ4n) is 1.29. The van der Waals surface area contributed by atoms with E-state index in [4.69, 9.17) is 4.74 Å². The number of methoxy groups -OCH3 is 1. The number of ether oxygens (including phenoxy) is 1. The summed E-state index contributed by atoms with van der Waals surface area (Å²) >= 11 is 4.58. The van der Waals surface area contributed by atoms with Gasteiger partial charge in [-0.2, -0.15) is 4.99 Å². The summed E-state index contributed by atoms with van der Waals surface area (Å²) in [6, 6.07) is 7.87. The van der Waals surface area contributed by atoms with Crippen molar-refractivity contribution >= 4 is 45.6 Å². The lowest BCUT2D eigenvalue weighted by Crippen LogP contribution is -2.00. The number of rotatable bonds is 5. The van der Waals surface area contributed by atoms with Crippen LogP contribution < -0.4 is 4.74 Å². The van der Waals surface area contributed by atoms with Crippen LogP contribution in [-0.4, -0.2) is 35.7 Å². The molecule has 1 aromatic rings. The summed E-state index contributed by atoms with van der Waals surface area (Å²) in [5.74, 6) is 1.99. The van der Waals surface area contributed by atoms with Crippen LogP contribution in [0.5, 0.6) is 5.75 Å². The minimum Gasteiger partial charge on any atom is -0.497 e. The normalized spacial score (nSPS) is 10.1. The minimum atomic E-state index is -0.0720. The Labute approximate surface area is 127 Å². The molecule has 1 aromatic carbocycles. The molecule has 0 aliphatic carbocycles. The molecule has 104 valence electrons. The van der Waals surface area contributed by atoms with Gasteiger partial charge in [0.25, 0.3) is 5.91 Å². The first-order valence-electron chi connectivity index (χ1n) is 5.59. The van der Waals surface area contributed by atoms with Gasteiger partial charge < -0.3 is 4.74 Å². The highest BCUT2D eigenvalue weighted by Crippen LogP contribution is 2.17. The van der Waals surface area contributed by atoms with Gasteiger partial charge in [-0.15, -0.1) is 35.3 Å². The van der Waals surface area contributed by atoms with Gasteiger partial charge in [0.15, 0.2) is 0 Å². The first kappa shape index (κ1) is 16.5. The van der Waals surface area contributed by atoms with Crippen LogP contribution in [0.15, 0.2) is 29.3 Å². The smallest absolute Gasteiger partial charge is 0.257 e. The third kappa shape index (κ3) is 6.40. The van der Waals surface area contributed by atoms with Gasteiger partial charge in [-0.25, -0.2) is 0 Å². The number of thioether (sulfide) groups is 3. The van der Waals surface area contributed by atoms with Crippen LogP contribution in [0.4, 0.5) is 0 Å². The average molecular weight is 315 g/mol. The number of hydrogen-bond acceptors (Lipinski definition) is 5. The number of carbonyl (C=O) groups excluding carboxylic acids is 1. The van der Waals surface area contributed by atoms with Gasteiger partial charge >= 0.3 is 0 Å². The molecule has 0 N–H and O–H groups in total. The fraction of sp³-hybridized carbons (Fsp3) is 0.385. The van der Waals surface area contributed by atoms with Crippen LogP contribution in [0.25, 0.3) is 0 Å². The van der Waals surface area contributed by atoms with Crippen molar-refractivity contribution in [2.45, 2.75) is 5.75 Å². The monoisotopic (exact) mass is 315 g/mol. The number of benzene rings is 1. The van der Waals surface area contributed by atoms with E-state index in [1.165, 1.54) is 29.1 Å². The third-order valence-electron chi connectivity index (χ3n) is 2.22. The molecule has 0 unspecified atom stereocenters. The van der Waals surface area contributed by atoms with Crippen LogP contribution in [-0.2, 0) is 10.5 Å². The summed E-state index contributed by atoms with van der Waals surface area (Å²) in [5.41, 5.74) is 1.18. The van der Waals surface area contributed by atoms with Crippen molar-refractivity contribution in [3.63, 3.8) is 0 Å². The molecular weight excluding hydrogens is 298 g/mol. The zero-order chi connectivity index (χ0) is 14.1. The lowest BCUT2D eigenvalue weighted by atomic mass is 10.2. The summed E-state index contributed by atoms with van der Waals surface area (Å²) in [6.45, 7) is 0. The lowest BCUT2D eigenvalue weighted by molar-refractivity contribution is -0.115. The Hall–Kier alpha value is -0.590. The Balaban J connectivity index is 2.37. The largest absolute Gasteiger partial charge is 0.497 e. The van der Waals surface area contributed by atoms with Gasteiger partial charge in [0.05, 0.1) is 12.9 Å². The summed E-state index contributed by atoms with van der Waals surface area (Å²) in [6.07, 6.45) is 3.85. The van der Waals surface area contributed by atoms with E-state index in [9.17, 15) is 4.79 Å². The zero-order valence-corrected chi connectivity index (χ0v) is 13.7. The molecule has 0 heterocycles. The fourth-order valence-corrected chi connectivity index (χ4v) is 3.11. The molecule has 0 saturated heterocycles. The summed E-state index contributed by atoms with van der Waals surface area (Å²) in [4.78, 5) is 15.6. The van der Waals surface area contributed by atoms with Crippen LogP contribution in [0.3, 0.4) is 0 Å². The maximum atomic E-state index is 11.6. The Morgan fingerprint density at radius 2 is 1.84 bits per heavy atom. The molecule has 1 rings (SSSR count). The number of amides is 1. The van der Waals surface area contributed by atoms with Crippen molar-refractivity contribution in [2.24, 2.45) is 4.99 Å². The van der Waals surface area contributed by atoms with Crippen molar-refractivity contribution in [1.82, 2.24) is 0 Å². The Morgan fingerprint density at radius 3 is 2.37 bits per heavy atom. The van der Waals surface area contributed by atoms with Crippen molar-refractivity contribution in [3.8, 4) is 5.75 Å². The highest BCUT2D eigenvalue weighted by Gasteiger charge is 2.03. The molecule has 0 fully saturated rings. The SMILES string of the molecule is COc1ccc(CSCC(=O)N=C(SC)SC)cc1. The van der Waals surface area contributed by atoms with Crippen LogP contribution >= 0.6 is 35.3 Å². The lowest BCUT2D eigenvalue weighted by Gasteiger charge is -2.03. The molecule has 0 saturated carbocycles. The molecule has 0 atom stereocenters. The standard InChI is InChI=1S/C13H17NO2S3/c1-16-11-6-4-10(5-7-11)8-19-9-12(15)14-13(17-2)18-3/h4-7H,8-9H2,1-3H3. The van der Waals surface area contributed by atoms with Gasteiger partial charge in [-0.05, 0) is 30.2 Å². The molecule has 3 nitrogen and oxygen atoms in total. The number of carbonyl (C=O) groups is 1. The van der Waals surface area contributed by atoms with Crippen LogP contribution in [0, 0.1) is 0 Å². The van der Waals surface area contributed by atoms with Crippen molar-refractivity contribution in [1.29, 1.82) is 0 Å². The average Bonchev–Trinajstić information content (AvgIpc) is 2.45. The quantitative estimate of drug-likeness (QED) is 0.614. The maximum Gasteiger partial charge on any atom is 0.257 e. The van der Waals surface area contributed by atoms with E-state index in [0.29, 0.717) is 5.75 Å². The number of aliphatic imine (C=N–C) groups is 1. The Morgan fingerprint density at radius 1 is 1.21 bits per heavy atom. The van der Waals surface area contributed by atoms with Crippen molar-refractivity contribution in [3.05, 3.63) is 29.8 Å². The van der Waals surface area contributed by atoms with E-state index in [0.717, 1.165) is 15.9 Å². The molecule has 0 bridgehead atoms. The molecule has 0 aromatic heterocycles. The second-order valence-corrected chi connectivity index (χ2v) is 6.35. The van der Waals surface area contributed by atoms with Crippen LogP contribution in [0.1, 0.15) is 5.56 Å². The van der Waals surface area contributed by atoms with Crippen molar-refractivity contribution in [2.75, 3.05) is 25.4 Å². The van der Waals surface area contributed by atoms with E-state index in [2.05, 4.69) is 4.99 Å². The first-order chi connectivity index (χ1) is 9.19. The molecule has 1 amide bonds. The summed E-state index contributed by atoms with van der Waals surface area (Å²) in [7, 11) is 1.65. The van der Waals surface area contributed by atoms with E-state index in [1.807, 2.05) is 36.8 Å². The molecule has 0 aliphatic rings. The van der Waals surface area contributed by atoms with Gasteiger partial charge in [0, 0.05) is 5.75 Å². The Bertz CT molecular complexity index is 426. The second kappa shape index (κ2) is 9.34. The highest BCUT2D eigenvalue weighted by atomic mass is 32.2. The van der Waals surface area contributed by atoms with E-state index in [1.54, 1.807) is 18.9 Å². The minimum absolute atomic E-state index is 0.0720. The molecule has 0 spiro atoms. The van der Waals surface area contributed by atoms with Gasteiger partial charge in [0.1, 0.15) is 10.1 Å². The maximum absolute atomic E-state index is 11.6. The molecule has 0 radical (unpaired) electrons. The van der Waals surface area contributed by atoms with Gasteiger partial charge in [-0.1, -0.05) is 12.1 Å². The first-order valence-corrected chi connectivity index (χ1v) is 9.20.